The molecule has 0 radical (unpaired) electrons. The van der Waals surface area contributed by atoms with Gasteiger partial charge in [0.25, 0.3) is 5.91 Å². The first kappa shape index (κ1) is 20.4. The number of aromatic amines is 1. The van der Waals surface area contributed by atoms with Gasteiger partial charge in [-0.25, -0.2) is 13.4 Å². The number of hydrogen-bond acceptors (Lipinski definition) is 6. The summed E-state index contributed by atoms with van der Waals surface area (Å²) in [6.07, 6.45) is 1.80. The van der Waals surface area contributed by atoms with Crippen molar-refractivity contribution in [1.29, 1.82) is 0 Å². The van der Waals surface area contributed by atoms with E-state index in [9.17, 15) is 13.2 Å². The highest BCUT2D eigenvalue weighted by Gasteiger charge is 2.26. The van der Waals surface area contributed by atoms with E-state index < -0.39 is 10.0 Å². The van der Waals surface area contributed by atoms with Gasteiger partial charge >= 0.3 is 0 Å². The van der Waals surface area contributed by atoms with Gasteiger partial charge in [-0.15, -0.1) is 5.10 Å². The number of hydrogen-bond donors (Lipinski definition) is 2. The summed E-state index contributed by atoms with van der Waals surface area (Å²) in [5, 5.41) is 10.6. The molecule has 2 aromatic carbocycles. The van der Waals surface area contributed by atoms with Crippen LogP contribution in [0.2, 0.25) is 0 Å². The molecule has 0 saturated carbocycles. The molecule has 0 spiro atoms. The molecule has 2 heterocycles. The molecule has 0 bridgehead atoms. The molecule has 0 saturated heterocycles. The molecular formula is C20H21N5O3S2. The number of aromatic nitrogens is 3. The van der Waals surface area contributed by atoms with Crippen LogP contribution in [0.15, 0.2) is 53.7 Å². The van der Waals surface area contributed by atoms with Crippen molar-refractivity contribution in [3.05, 3.63) is 59.7 Å². The predicted molar refractivity (Wildman–Crippen MR) is 117 cm³/mol. The van der Waals surface area contributed by atoms with Gasteiger partial charge in [0.05, 0.1) is 11.9 Å². The first-order chi connectivity index (χ1) is 14.4. The number of nitrogens with zero attached hydrogens (tertiary/aromatic N) is 3. The Kier molecular flexibility index (Phi) is 5.78. The SMILES string of the molecule is CS(=O)(=O)N1CCc2cc(C(=O)NCCSc3n[nH]c(-c4ccccc4)n3)ccc21. The number of anilines is 1. The van der Waals surface area contributed by atoms with E-state index in [0.717, 1.165) is 11.1 Å². The zero-order valence-corrected chi connectivity index (χ0v) is 18.0. The van der Waals surface area contributed by atoms with Gasteiger partial charge in [-0.2, -0.15) is 0 Å². The predicted octanol–water partition coefficient (Wildman–Crippen LogP) is 2.32. The molecule has 0 fully saturated rings. The fourth-order valence-electron chi connectivity index (χ4n) is 3.30. The highest BCUT2D eigenvalue weighted by molar-refractivity contribution is 7.99. The molecule has 4 rings (SSSR count). The van der Waals surface area contributed by atoms with Crippen molar-refractivity contribution in [1.82, 2.24) is 20.5 Å². The van der Waals surface area contributed by atoms with E-state index in [-0.39, 0.29) is 5.91 Å². The van der Waals surface area contributed by atoms with Crippen molar-refractivity contribution < 1.29 is 13.2 Å². The standard InChI is InChI=1S/C20H21N5O3S2/c1-30(27,28)25-11-9-15-13-16(7-8-17(15)25)19(26)21-10-12-29-20-22-18(23-24-20)14-5-3-2-4-6-14/h2-8,13H,9-12H2,1H3,(H,21,26)(H,22,23,24). The number of carbonyl (C=O) groups is 1. The summed E-state index contributed by atoms with van der Waals surface area (Å²) >= 11 is 1.45. The van der Waals surface area contributed by atoms with Crippen molar-refractivity contribution in [2.75, 3.05) is 29.4 Å². The lowest BCUT2D eigenvalue weighted by Crippen LogP contribution is -2.27. The van der Waals surface area contributed by atoms with E-state index in [1.54, 1.807) is 18.2 Å². The smallest absolute Gasteiger partial charge is 0.251 e. The summed E-state index contributed by atoms with van der Waals surface area (Å²) in [5.74, 6) is 1.16. The van der Waals surface area contributed by atoms with Crippen LogP contribution in [0.25, 0.3) is 11.4 Å². The monoisotopic (exact) mass is 443 g/mol. The van der Waals surface area contributed by atoms with E-state index in [1.807, 2.05) is 30.3 Å². The summed E-state index contributed by atoms with van der Waals surface area (Å²) < 4.78 is 25.0. The second-order valence-electron chi connectivity index (χ2n) is 6.87. The van der Waals surface area contributed by atoms with Crippen molar-refractivity contribution >= 4 is 33.4 Å². The van der Waals surface area contributed by atoms with Gasteiger partial charge < -0.3 is 5.32 Å². The third-order valence-electron chi connectivity index (χ3n) is 4.73. The fraction of sp³-hybridized carbons (Fsp3) is 0.250. The van der Waals surface area contributed by atoms with Gasteiger partial charge in [0.1, 0.15) is 0 Å². The molecule has 3 aromatic rings. The number of nitrogens with one attached hydrogen (secondary N) is 2. The second kappa shape index (κ2) is 8.49. The quantitative estimate of drug-likeness (QED) is 0.429. The molecule has 0 aliphatic carbocycles. The molecule has 1 aromatic heterocycles. The van der Waals surface area contributed by atoms with Crippen LogP contribution in [0.3, 0.4) is 0 Å². The van der Waals surface area contributed by atoms with Crippen molar-refractivity contribution in [2.24, 2.45) is 0 Å². The van der Waals surface area contributed by atoms with Crippen molar-refractivity contribution in [3.8, 4) is 11.4 Å². The number of carbonyl (C=O) groups excluding carboxylic acids is 1. The topological polar surface area (TPSA) is 108 Å². The van der Waals surface area contributed by atoms with Gasteiger partial charge in [0.15, 0.2) is 5.82 Å². The molecule has 1 aliphatic heterocycles. The zero-order valence-electron chi connectivity index (χ0n) is 16.3. The van der Waals surface area contributed by atoms with E-state index in [2.05, 4.69) is 20.5 Å². The summed E-state index contributed by atoms with van der Waals surface area (Å²) in [6, 6.07) is 14.9. The Balaban J connectivity index is 1.29. The van der Waals surface area contributed by atoms with Gasteiger partial charge in [0, 0.05) is 30.0 Å². The van der Waals surface area contributed by atoms with Crippen LogP contribution in [-0.2, 0) is 16.4 Å². The third-order valence-corrected chi connectivity index (χ3v) is 6.75. The second-order valence-corrected chi connectivity index (χ2v) is 9.83. The molecule has 10 heteroatoms. The number of fused-ring (bicyclic) bond motifs is 1. The summed E-state index contributed by atoms with van der Waals surface area (Å²) in [5.41, 5.74) is 3.02. The average molecular weight is 444 g/mol. The van der Waals surface area contributed by atoms with Crippen LogP contribution in [0, 0.1) is 0 Å². The van der Waals surface area contributed by atoms with Crippen molar-refractivity contribution in [2.45, 2.75) is 11.6 Å². The van der Waals surface area contributed by atoms with Crippen LogP contribution in [0.1, 0.15) is 15.9 Å². The Bertz CT molecular complexity index is 1160. The molecule has 30 heavy (non-hydrogen) atoms. The Morgan fingerprint density at radius 2 is 2.03 bits per heavy atom. The molecule has 0 atom stereocenters. The number of H-pyrrole nitrogens is 1. The Morgan fingerprint density at radius 3 is 2.80 bits per heavy atom. The first-order valence-electron chi connectivity index (χ1n) is 9.41. The van der Waals surface area contributed by atoms with E-state index in [0.29, 0.717) is 47.5 Å². The highest BCUT2D eigenvalue weighted by atomic mass is 32.2. The summed E-state index contributed by atoms with van der Waals surface area (Å²) in [6.45, 7) is 0.878. The lowest BCUT2D eigenvalue weighted by molar-refractivity contribution is 0.0956. The maximum absolute atomic E-state index is 12.4. The number of amides is 1. The summed E-state index contributed by atoms with van der Waals surface area (Å²) in [4.78, 5) is 16.9. The van der Waals surface area contributed by atoms with Crippen LogP contribution < -0.4 is 9.62 Å². The van der Waals surface area contributed by atoms with Crippen molar-refractivity contribution in [3.63, 3.8) is 0 Å². The van der Waals surface area contributed by atoms with E-state index in [1.165, 1.54) is 22.3 Å². The van der Waals surface area contributed by atoms with Crippen LogP contribution in [0.5, 0.6) is 0 Å². The molecule has 156 valence electrons. The van der Waals surface area contributed by atoms with E-state index in [4.69, 9.17) is 0 Å². The minimum atomic E-state index is -3.29. The maximum Gasteiger partial charge on any atom is 0.251 e. The largest absolute Gasteiger partial charge is 0.351 e. The molecule has 2 N–H and O–H groups in total. The number of sulfonamides is 1. The minimum Gasteiger partial charge on any atom is -0.351 e. The normalized spacial score (nSPS) is 13.3. The lowest BCUT2D eigenvalue weighted by atomic mass is 10.1. The van der Waals surface area contributed by atoms with Gasteiger partial charge in [-0.05, 0) is 30.2 Å². The van der Waals surface area contributed by atoms with Crippen LogP contribution >= 0.6 is 11.8 Å². The van der Waals surface area contributed by atoms with Gasteiger partial charge in [-0.1, -0.05) is 42.1 Å². The lowest BCUT2D eigenvalue weighted by Gasteiger charge is -2.16. The average Bonchev–Trinajstić information content (AvgIpc) is 3.38. The molecule has 1 amide bonds. The Labute approximate surface area is 179 Å². The number of rotatable bonds is 7. The minimum absolute atomic E-state index is 0.184. The fourth-order valence-corrected chi connectivity index (χ4v) is 4.91. The maximum atomic E-state index is 12.4. The first-order valence-corrected chi connectivity index (χ1v) is 12.2. The van der Waals surface area contributed by atoms with E-state index >= 15 is 0 Å². The molecule has 0 unspecified atom stereocenters. The molecule has 8 nitrogen and oxygen atoms in total. The number of thioether (sulfide) groups is 1. The Morgan fingerprint density at radius 1 is 1.23 bits per heavy atom. The van der Waals surface area contributed by atoms with Gasteiger partial charge in [0.2, 0.25) is 15.2 Å². The van der Waals surface area contributed by atoms with Crippen LogP contribution in [0.4, 0.5) is 5.69 Å². The third kappa shape index (κ3) is 4.49. The molecule has 1 aliphatic rings. The van der Waals surface area contributed by atoms with Gasteiger partial charge in [-0.3, -0.25) is 14.2 Å². The zero-order chi connectivity index (χ0) is 21.1. The van der Waals surface area contributed by atoms with Crippen LogP contribution in [-0.4, -0.2) is 54.6 Å². The number of benzene rings is 2. The summed E-state index contributed by atoms with van der Waals surface area (Å²) in [7, 11) is -3.29. The molecular weight excluding hydrogens is 422 g/mol. The highest BCUT2D eigenvalue weighted by Crippen LogP contribution is 2.30. The Hall–Kier alpha value is -2.85.